The standard InChI is InChI=1S/C25H27FN2O4S/c1-3-5-13-25(14-6-4-2)18-15-16(26)11-12-17(18)22(29)21(23(25)30)24-27-19-9-7-8-10-20(19)33(31,32)28-24/h7-12,15,29H,3-6,13-14H2,1-2H3,(H,27,28). The van der Waals surface area contributed by atoms with E-state index < -0.39 is 27.0 Å². The second kappa shape index (κ2) is 8.74. The Bertz CT molecular complexity index is 1270. The van der Waals surface area contributed by atoms with Crippen LogP contribution >= 0.6 is 0 Å². The van der Waals surface area contributed by atoms with Gasteiger partial charge >= 0.3 is 0 Å². The number of carbonyl (C=O) groups excluding carboxylic acids is 1. The zero-order valence-corrected chi connectivity index (χ0v) is 19.5. The third kappa shape index (κ3) is 3.86. The number of rotatable bonds is 7. The predicted molar refractivity (Wildman–Crippen MR) is 126 cm³/mol. The van der Waals surface area contributed by atoms with Crippen LogP contribution in [0.4, 0.5) is 10.1 Å². The lowest BCUT2D eigenvalue weighted by Gasteiger charge is -2.39. The molecule has 0 amide bonds. The molecule has 2 aromatic rings. The molecule has 2 N–H and O–H groups in total. The van der Waals surface area contributed by atoms with Gasteiger partial charge in [0, 0.05) is 5.56 Å². The van der Waals surface area contributed by atoms with E-state index in [1.807, 2.05) is 13.8 Å². The Labute approximate surface area is 193 Å². The maximum absolute atomic E-state index is 14.3. The van der Waals surface area contributed by atoms with Crippen molar-refractivity contribution in [1.82, 2.24) is 0 Å². The Kier molecular flexibility index (Phi) is 6.14. The number of amidine groups is 1. The molecule has 1 heterocycles. The van der Waals surface area contributed by atoms with Gasteiger partial charge in [-0.1, -0.05) is 51.7 Å². The molecule has 33 heavy (non-hydrogen) atoms. The highest BCUT2D eigenvalue weighted by molar-refractivity contribution is 7.90. The van der Waals surface area contributed by atoms with Crippen molar-refractivity contribution in [2.75, 3.05) is 5.32 Å². The fourth-order valence-corrected chi connectivity index (χ4v) is 5.87. The van der Waals surface area contributed by atoms with Gasteiger partial charge in [0.05, 0.1) is 11.1 Å². The minimum Gasteiger partial charge on any atom is -0.506 e. The molecule has 0 unspecified atom stereocenters. The number of carbonyl (C=O) groups is 1. The van der Waals surface area contributed by atoms with Gasteiger partial charge in [0.25, 0.3) is 10.0 Å². The number of sulfonamides is 1. The van der Waals surface area contributed by atoms with Crippen molar-refractivity contribution in [3.63, 3.8) is 0 Å². The van der Waals surface area contributed by atoms with Gasteiger partial charge in [-0.05, 0) is 48.7 Å². The van der Waals surface area contributed by atoms with E-state index in [-0.39, 0.29) is 27.8 Å². The van der Waals surface area contributed by atoms with E-state index in [0.717, 1.165) is 25.7 Å². The van der Waals surface area contributed by atoms with Gasteiger partial charge in [0.15, 0.2) is 11.6 Å². The number of nitrogens with one attached hydrogen (secondary N) is 1. The Hall–Kier alpha value is -3.00. The van der Waals surface area contributed by atoms with Crippen LogP contribution in [0.15, 0.2) is 57.3 Å². The number of para-hydroxylation sites is 1. The lowest BCUT2D eigenvalue weighted by molar-refractivity contribution is -0.121. The monoisotopic (exact) mass is 470 g/mol. The van der Waals surface area contributed by atoms with Crippen LogP contribution < -0.4 is 5.32 Å². The first-order valence-electron chi connectivity index (χ1n) is 11.2. The molecule has 0 radical (unpaired) electrons. The largest absolute Gasteiger partial charge is 0.506 e. The third-order valence-electron chi connectivity index (χ3n) is 6.43. The second-order valence-electron chi connectivity index (χ2n) is 8.57. The van der Waals surface area contributed by atoms with Crippen LogP contribution in [0.2, 0.25) is 0 Å². The third-order valence-corrected chi connectivity index (χ3v) is 7.77. The highest BCUT2D eigenvalue weighted by atomic mass is 32.2. The minimum absolute atomic E-state index is 0.00259. The van der Waals surface area contributed by atoms with Gasteiger partial charge in [-0.3, -0.25) is 4.79 Å². The SMILES string of the molecule is CCCCC1(CCCC)C(=O)C(C2=NS(=O)(=O)c3ccccc3N2)=C(O)c2ccc(F)cc21. The highest BCUT2D eigenvalue weighted by Crippen LogP contribution is 2.47. The van der Waals surface area contributed by atoms with Gasteiger partial charge in [0.2, 0.25) is 0 Å². The first-order valence-corrected chi connectivity index (χ1v) is 12.7. The number of hydrogen-bond donors (Lipinski definition) is 2. The number of unbranched alkanes of at least 4 members (excludes halogenated alkanes) is 2. The molecular formula is C25H27FN2O4S. The number of aliphatic hydroxyl groups excluding tert-OH is 1. The van der Waals surface area contributed by atoms with E-state index in [0.29, 0.717) is 24.0 Å². The fraction of sp³-hybridized carbons (Fsp3) is 0.360. The van der Waals surface area contributed by atoms with E-state index in [1.165, 1.54) is 24.3 Å². The number of Topliss-reactive ketones (excluding diaryl/α,β-unsaturated/α-hetero) is 1. The van der Waals surface area contributed by atoms with E-state index in [9.17, 15) is 22.7 Å². The molecule has 4 rings (SSSR count). The molecule has 2 aliphatic rings. The Morgan fingerprint density at radius 2 is 1.73 bits per heavy atom. The van der Waals surface area contributed by atoms with Crippen molar-refractivity contribution in [3.8, 4) is 0 Å². The molecule has 0 bridgehead atoms. The van der Waals surface area contributed by atoms with E-state index in [2.05, 4.69) is 9.71 Å². The van der Waals surface area contributed by atoms with Crippen molar-refractivity contribution in [1.29, 1.82) is 0 Å². The van der Waals surface area contributed by atoms with Gasteiger partial charge in [-0.25, -0.2) is 4.39 Å². The number of fused-ring (bicyclic) bond motifs is 2. The van der Waals surface area contributed by atoms with Crippen LogP contribution in [-0.2, 0) is 20.2 Å². The summed E-state index contributed by atoms with van der Waals surface area (Å²) >= 11 is 0. The summed E-state index contributed by atoms with van der Waals surface area (Å²) in [5.74, 6) is -1.51. The number of aliphatic hydroxyl groups is 1. The van der Waals surface area contributed by atoms with E-state index >= 15 is 0 Å². The topological polar surface area (TPSA) is 95.8 Å². The zero-order chi connectivity index (χ0) is 23.8. The predicted octanol–water partition coefficient (Wildman–Crippen LogP) is 5.51. The summed E-state index contributed by atoms with van der Waals surface area (Å²) in [4.78, 5) is 14.1. The number of hydrogen-bond acceptors (Lipinski definition) is 5. The van der Waals surface area contributed by atoms with Gasteiger partial charge in [0.1, 0.15) is 22.0 Å². The molecule has 0 saturated heterocycles. The molecule has 8 heteroatoms. The maximum Gasteiger partial charge on any atom is 0.286 e. The van der Waals surface area contributed by atoms with Crippen molar-refractivity contribution in [2.45, 2.75) is 62.7 Å². The fourth-order valence-electron chi connectivity index (χ4n) is 4.74. The van der Waals surface area contributed by atoms with Crippen molar-refractivity contribution >= 4 is 33.1 Å². The molecule has 0 saturated carbocycles. The Morgan fingerprint density at radius 1 is 1.06 bits per heavy atom. The summed E-state index contributed by atoms with van der Waals surface area (Å²) in [6, 6.07) is 10.3. The molecule has 1 aliphatic heterocycles. The molecule has 2 aromatic carbocycles. The van der Waals surface area contributed by atoms with Crippen LogP contribution in [-0.4, -0.2) is 25.1 Å². The van der Waals surface area contributed by atoms with Gasteiger partial charge < -0.3 is 10.4 Å². The minimum atomic E-state index is -4.07. The van der Waals surface area contributed by atoms with Crippen molar-refractivity contribution in [3.05, 3.63) is 65.0 Å². The molecule has 1 aliphatic carbocycles. The van der Waals surface area contributed by atoms with E-state index in [4.69, 9.17) is 0 Å². The maximum atomic E-state index is 14.3. The van der Waals surface area contributed by atoms with Gasteiger partial charge in [-0.2, -0.15) is 8.42 Å². The number of ketones is 1. The quantitative estimate of drug-likeness (QED) is 0.556. The summed E-state index contributed by atoms with van der Waals surface area (Å²) in [6.45, 7) is 4.02. The summed E-state index contributed by atoms with van der Waals surface area (Å²) in [6.07, 6.45) is 4.04. The van der Waals surface area contributed by atoms with Crippen LogP contribution in [0.25, 0.3) is 5.76 Å². The lowest BCUT2D eigenvalue weighted by Crippen LogP contribution is -2.44. The zero-order valence-electron chi connectivity index (χ0n) is 18.7. The highest BCUT2D eigenvalue weighted by Gasteiger charge is 2.49. The van der Waals surface area contributed by atoms with E-state index in [1.54, 1.807) is 18.2 Å². The average Bonchev–Trinajstić information content (AvgIpc) is 2.78. The Morgan fingerprint density at radius 3 is 2.39 bits per heavy atom. The molecule has 0 aromatic heterocycles. The molecule has 174 valence electrons. The summed E-state index contributed by atoms with van der Waals surface area (Å²) in [7, 11) is -4.07. The van der Waals surface area contributed by atoms with Gasteiger partial charge in [-0.15, -0.1) is 4.40 Å². The first kappa shape index (κ1) is 23.2. The number of nitrogens with zero attached hydrogens (tertiary/aromatic N) is 1. The van der Waals surface area contributed by atoms with Crippen LogP contribution in [0, 0.1) is 5.82 Å². The smallest absolute Gasteiger partial charge is 0.286 e. The molecule has 0 spiro atoms. The van der Waals surface area contributed by atoms with Crippen LogP contribution in [0.5, 0.6) is 0 Å². The van der Waals surface area contributed by atoms with Crippen LogP contribution in [0.3, 0.4) is 0 Å². The molecule has 6 nitrogen and oxygen atoms in total. The van der Waals surface area contributed by atoms with Crippen molar-refractivity contribution in [2.24, 2.45) is 4.40 Å². The molecule has 0 fully saturated rings. The van der Waals surface area contributed by atoms with Crippen LogP contribution in [0.1, 0.15) is 63.5 Å². The average molecular weight is 471 g/mol. The summed E-state index contributed by atoms with van der Waals surface area (Å²) in [5.41, 5.74) is -0.169. The first-order chi connectivity index (χ1) is 15.7. The molecular weight excluding hydrogens is 443 g/mol. The number of anilines is 1. The number of benzene rings is 2. The normalized spacial score (nSPS) is 18.3. The lowest BCUT2D eigenvalue weighted by atomic mass is 9.63. The molecule has 0 atom stereocenters. The Balaban J connectivity index is 1.96. The van der Waals surface area contributed by atoms with Crippen molar-refractivity contribution < 1.29 is 22.7 Å². The summed E-state index contributed by atoms with van der Waals surface area (Å²) < 4.78 is 43.9. The summed E-state index contributed by atoms with van der Waals surface area (Å²) in [5, 5.41) is 14.1. The number of halogens is 1. The second-order valence-corrected chi connectivity index (χ2v) is 10.1.